The van der Waals surface area contributed by atoms with E-state index in [1.165, 1.54) is 57.0 Å². The van der Waals surface area contributed by atoms with Gasteiger partial charge in [-0.25, -0.2) is 19.9 Å². The van der Waals surface area contributed by atoms with E-state index < -0.39 is 7.12 Å². The first-order chi connectivity index (χ1) is 54.8. The number of benzene rings is 14. The van der Waals surface area contributed by atoms with Gasteiger partial charge in [0.05, 0.1) is 22.3 Å². The zero-order chi connectivity index (χ0) is 74.9. The van der Waals surface area contributed by atoms with Crippen LogP contribution in [0, 0.1) is 0 Å². The minimum atomic E-state index is -0.404. The van der Waals surface area contributed by atoms with Crippen LogP contribution in [0.15, 0.2) is 321 Å². The predicted octanol–water partition coefficient (Wildman–Crippen LogP) is 26.4. The van der Waals surface area contributed by atoms with Crippen LogP contribution < -0.4 is 5.46 Å². The van der Waals surface area contributed by atoms with Gasteiger partial charge in [-0.2, -0.15) is 9.97 Å². The predicted molar refractivity (Wildman–Crippen MR) is 460 cm³/mol. The van der Waals surface area contributed by atoms with E-state index in [0.29, 0.717) is 29.1 Å². The Kier molecular flexibility index (Phi) is 16.0. The molecule has 0 unspecified atom stereocenters. The molecule has 534 valence electrons. The Bertz CT molecular complexity index is 7520. The second-order valence-electron chi connectivity index (χ2n) is 29.1. The molecule has 22 aromatic rings. The lowest BCUT2D eigenvalue weighted by atomic mass is 9.79. The normalized spacial score (nSPS) is 13.5. The second kappa shape index (κ2) is 26.7. The standard InChI is InChI=1S/C45H25N3O2S.C30H25BO3S.C21H12ClN3O/c1-2-10-26(11-3-1)43-46-44(48-45(47-43)36-17-9-15-34-30-12-4-6-18-37(30)50-41(34)36)28-21-23-32-31-22-20-27(24-38(31)49-39(32)25-28)29-14-8-16-35-33-13-5-7-19-40(33)51-42(29)35;1-29(2)30(3,4)34-31(33-29)19-13-15-22-21-14-12-18(16-25(21)32-26(22)17-19)20-9-7-10-24-23-8-5-6-11-27(23)35-28(20)24;22-21-24-19(13-7-2-1-3-8-13)23-20(25-21)16-11-6-10-15-14-9-4-5-12-17(14)26-18(15)16/h1-25H;5-17H,1-4H3;1-12H. The van der Waals surface area contributed by atoms with Crippen LogP contribution in [0.2, 0.25) is 5.28 Å². The zero-order valence-electron chi connectivity index (χ0n) is 60.8. The number of aromatic nitrogens is 6. The molecule has 1 aliphatic rings. The van der Waals surface area contributed by atoms with Gasteiger partial charge >= 0.3 is 7.12 Å². The minimum Gasteiger partial charge on any atom is -0.456 e. The van der Waals surface area contributed by atoms with E-state index in [2.05, 4.69) is 206 Å². The summed E-state index contributed by atoms with van der Waals surface area (Å²) in [7, 11) is -0.404. The lowest BCUT2D eigenvalue weighted by Crippen LogP contribution is -2.41. The van der Waals surface area contributed by atoms with E-state index in [1.807, 2.05) is 162 Å². The smallest absolute Gasteiger partial charge is 0.456 e. The highest BCUT2D eigenvalue weighted by Gasteiger charge is 2.52. The van der Waals surface area contributed by atoms with Crippen molar-refractivity contribution in [3.05, 3.63) is 309 Å². The number of halogens is 1. The molecule has 8 aromatic heterocycles. The first-order valence-electron chi connectivity index (χ1n) is 37.0. The van der Waals surface area contributed by atoms with Gasteiger partial charge in [0, 0.05) is 100 Å². The fraction of sp³-hybridized carbons (Fsp3) is 0.0625. The van der Waals surface area contributed by atoms with E-state index in [0.717, 1.165) is 127 Å². The number of fused-ring (bicyclic) bond motifs is 18. The van der Waals surface area contributed by atoms with Crippen LogP contribution in [0.1, 0.15) is 27.7 Å². The van der Waals surface area contributed by atoms with Crippen molar-refractivity contribution in [1.82, 2.24) is 29.9 Å². The average molecular weight is 1510 g/mol. The molecule has 9 heterocycles. The molecular weight excluding hydrogens is 1440 g/mol. The van der Waals surface area contributed by atoms with Crippen molar-refractivity contribution < 1.29 is 27.0 Å². The SMILES string of the molecule is CC1(C)OB(c2ccc3c(c2)oc2cc(-c4cccc5c4sc4ccccc45)ccc23)OC1(C)C.Clc1nc(-c2ccccc2)nc(-c2cccc3c2oc2ccccc23)n1.c1ccc(-c2nc(-c3ccc4c(c3)oc3cc(-c5cccc6c5sc5ccccc56)ccc34)nc(-c3cccc4c3oc3ccccc34)n2)cc1. The molecular formula is C96H62BClN6O6S2. The molecule has 112 heavy (non-hydrogen) atoms. The summed E-state index contributed by atoms with van der Waals surface area (Å²) in [6.45, 7) is 8.30. The minimum absolute atomic E-state index is 0.155. The Balaban J connectivity index is 0.000000113. The molecule has 1 fully saturated rings. The molecule has 1 saturated heterocycles. The van der Waals surface area contributed by atoms with Crippen LogP contribution in [0.4, 0.5) is 0 Å². The summed E-state index contributed by atoms with van der Waals surface area (Å²) < 4.78 is 43.1. The summed E-state index contributed by atoms with van der Waals surface area (Å²) in [6, 6.07) is 104. The van der Waals surface area contributed by atoms with Crippen molar-refractivity contribution in [2.45, 2.75) is 38.9 Å². The van der Waals surface area contributed by atoms with Gasteiger partial charge in [0.2, 0.25) is 5.28 Å². The van der Waals surface area contributed by atoms with Crippen LogP contribution in [0.3, 0.4) is 0 Å². The third kappa shape index (κ3) is 11.6. The molecule has 12 nitrogen and oxygen atoms in total. The molecule has 23 rings (SSSR count). The molecule has 0 spiro atoms. The highest BCUT2D eigenvalue weighted by Crippen LogP contribution is 2.46. The van der Waals surface area contributed by atoms with E-state index in [4.69, 9.17) is 53.5 Å². The van der Waals surface area contributed by atoms with E-state index in [9.17, 15) is 0 Å². The van der Waals surface area contributed by atoms with Crippen LogP contribution >= 0.6 is 34.3 Å². The Hall–Kier alpha value is -13.0. The summed E-state index contributed by atoms with van der Waals surface area (Å²) in [5.74, 6) is 2.73. The maximum absolute atomic E-state index is 6.59. The lowest BCUT2D eigenvalue weighted by Gasteiger charge is -2.32. The first-order valence-corrected chi connectivity index (χ1v) is 39.1. The Morgan fingerprint density at radius 2 is 0.616 bits per heavy atom. The molecule has 0 N–H and O–H groups in total. The first kappa shape index (κ1) is 67.2. The lowest BCUT2D eigenvalue weighted by molar-refractivity contribution is 0.00578. The van der Waals surface area contributed by atoms with Gasteiger partial charge in [0.1, 0.15) is 44.7 Å². The third-order valence-electron chi connectivity index (χ3n) is 21.8. The number of rotatable bonds is 8. The molecule has 0 amide bonds. The van der Waals surface area contributed by atoms with Crippen LogP contribution in [0.25, 0.3) is 207 Å². The topological polar surface area (TPSA) is 148 Å². The van der Waals surface area contributed by atoms with Gasteiger partial charge in [0.15, 0.2) is 29.1 Å². The molecule has 0 radical (unpaired) electrons. The maximum atomic E-state index is 6.59. The Morgan fingerprint density at radius 3 is 1.12 bits per heavy atom. The van der Waals surface area contributed by atoms with Gasteiger partial charge in [-0.05, 0) is 146 Å². The molecule has 14 aromatic carbocycles. The number of para-hydroxylation sites is 4. The largest absolute Gasteiger partial charge is 0.494 e. The van der Waals surface area contributed by atoms with Crippen molar-refractivity contribution in [3.8, 4) is 79.2 Å². The monoisotopic (exact) mass is 1500 g/mol. The van der Waals surface area contributed by atoms with Gasteiger partial charge < -0.3 is 27.0 Å². The molecule has 0 aliphatic carbocycles. The van der Waals surface area contributed by atoms with E-state index in [-0.39, 0.29) is 16.5 Å². The van der Waals surface area contributed by atoms with Crippen molar-refractivity contribution in [3.63, 3.8) is 0 Å². The van der Waals surface area contributed by atoms with Crippen molar-refractivity contribution in [2.75, 3.05) is 0 Å². The highest BCUT2D eigenvalue weighted by molar-refractivity contribution is 7.26. The molecule has 16 heteroatoms. The van der Waals surface area contributed by atoms with Crippen molar-refractivity contribution in [1.29, 1.82) is 0 Å². The van der Waals surface area contributed by atoms with Crippen LogP contribution in [-0.4, -0.2) is 48.2 Å². The third-order valence-corrected chi connectivity index (χ3v) is 24.4. The Morgan fingerprint density at radius 1 is 0.268 bits per heavy atom. The molecule has 0 bridgehead atoms. The quantitative estimate of drug-likeness (QED) is 0.133. The average Bonchev–Trinajstić information content (AvgIpc) is 1.60. The van der Waals surface area contributed by atoms with Gasteiger partial charge in [-0.15, -0.1) is 22.7 Å². The molecule has 0 atom stereocenters. The number of hydrogen-bond donors (Lipinski definition) is 0. The number of thiophene rings is 2. The molecule has 1 aliphatic heterocycles. The van der Waals surface area contributed by atoms with E-state index >= 15 is 0 Å². The van der Waals surface area contributed by atoms with Crippen molar-refractivity contribution >= 4 is 175 Å². The van der Waals surface area contributed by atoms with Gasteiger partial charge in [0.25, 0.3) is 0 Å². The highest BCUT2D eigenvalue weighted by atomic mass is 35.5. The maximum Gasteiger partial charge on any atom is 0.494 e. The van der Waals surface area contributed by atoms with Crippen molar-refractivity contribution in [2.24, 2.45) is 0 Å². The Labute approximate surface area is 654 Å². The van der Waals surface area contributed by atoms with Crippen LogP contribution in [-0.2, 0) is 9.31 Å². The van der Waals surface area contributed by atoms with Crippen LogP contribution in [0.5, 0.6) is 0 Å². The van der Waals surface area contributed by atoms with E-state index in [1.54, 1.807) is 0 Å². The summed E-state index contributed by atoms with van der Waals surface area (Å²) in [6.07, 6.45) is 0. The zero-order valence-corrected chi connectivity index (χ0v) is 63.2. The fourth-order valence-corrected chi connectivity index (χ4v) is 18.1. The number of hydrogen-bond acceptors (Lipinski definition) is 14. The molecule has 0 saturated carbocycles. The number of furan rings is 4. The number of nitrogens with zero attached hydrogens (tertiary/aromatic N) is 6. The fourth-order valence-electron chi connectivity index (χ4n) is 15.5. The van der Waals surface area contributed by atoms with Gasteiger partial charge in [-0.1, -0.05) is 224 Å². The summed E-state index contributed by atoms with van der Waals surface area (Å²) >= 11 is 9.88. The van der Waals surface area contributed by atoms with Gasteiger partial charge in [-0.3, -0.25) is 0 Å². The second-order valence-corrected chi connectivity index (χ2v) is 31.5. The summed E-state index contributed by atoms with van der Waals surface area (Å²) in [5, 5.41) is 13.9. The summed E-state index contributed by atoms with van der Waals surface area (Å²) in [5.41, 5.74) is 15.8. The summed E-state index contributed by atoms with van der Waals surface area (Å²) in [4.78, 5) is 28.3.